The maximum atomic E-state index is 11.7. The molecular weight excluding hydrogens is 248 g/mol. The van der Waals surface area contributed by atoms with Crippen LogP contribution < -0.4 is 10.5 Å². The zero-order chi connectivity index (χ0) is 13.1. The summed E-state index contributed by atoms with van der Waals surface area (Å²) in [6.45, 7) is 3.27. The lowest BCUT2D eigenvalue weighted by Gasteiger charge is -2.05. The SMILES string of the molecule is C=CCNS(=O)(=O)c1nccc(N)c1[N+](=O)[O-]. The monoisotopic (exact) mass is 258 g/mol. The number of nitrogens with zero attached hydrogens (tertiary/aromatic N) is 2. The van der Waals surface area contributed by atoms with E-state index in [0.29, 0.717) is 0 Å². The average Bonchev–Trinajstić information content (AvgIpc) is 2.25. The van der Waals surface area contributed by atoms with Gasteiger partial charge in [-0.15, -0.1) is 6.58 Å². The van der Waals surface area contributed by atoms with Crippen LogP contribution in [0.25, 0.3) is 0 Å². The number of hydrogen-bond donors (Lipinski definition) is 2. The molecule has 0 aliphatic carbocycles. The quantitative estimate of drug-likeness (QED) is 0.435. The van der Waals surface area contributed by atoms with Gasteiger partial charge in [-0.05, 0) is 6.07 Å². The number of aromatic nitrogens is 1. The molecule has 0 bridgehead atoms. The fourth-order valence-electron chi connectivity index (χ4n) is 1.07. The lowest BCUT2D eigenvalue weighted by Crippen LogP contribution is -2.25. The summed E-state index contributed by atoms with van der Waals surface area (Å²) in [6.07, 6.45) is 2.39. The maximum Gasteiger partial charge on any atom is 0.330 e. The van der Waals surface area contributed by atoms with Crippen LogP contribution in [0, 0.1) is 10.1 Å². The Balaban J connectivity index is 3.36. The van der Waals surface area contributed by atoms with Crippen molar-refractivity contribution >= 4 is 21.4 Å². The number of nitrogens with two attached hydrogens (primary N) is 1. The van der Waals surface area contributed by atoms with Crippen LogP contribution in [0.2, 0.25) is 0 Å². The number of nitrogens with one attached hydrogen (secondary N) is 1. The highest BCUT2D eigenvalue weighted by Crippen LogP contribution is 2.27. The summed E-state index contributed by atoms with van der Waals surface area (Å²) in [4.78, 5) is 13.3. The predicted octanol–water partition coefficient (Wildman–Crippen LogP) is 0.0363. The molecule has 8 nitrogen and oxygen atoms in total. The molecule has 0 aliphatic heterocycles. The summed E-state index contributed by atoms with van der Waals surface area (Å²) in [7, 11) is -4.07. The summed E-state index contributed by atoms with van der Waals surface area (Å²) in [6, 6.07) is 1.16. The Hall–Kier alpha value is -2.00. The molecule has 0 amide bonds. The molecule has 1 heterocycles. The normalized spacial score (nSPS) is 11.1. The van der Waals surface area contributed by atoms with Gasteiger partial charge < -0.3 is 5.73 Å². The van der Waals surface area contributed by atoms with Crippen molar-refractivity contribution in [3.05, 3.63) is 35.0 Å². The molecule has 0 unspecified atom stereocenters. The molecule has 0 fully saturated rings. The number of hydrogen-bond acceptors (Lipinski definition) is 6. The third-order valence-corrected chi connectivity index (χ3v) is 3.13. The molecule has 1 rings (SSSR count). The molecule has 0 spiro atoms. The molecule has 0 saturated heterocycles. The van der Waals surface area contributed by atoms with Crippen molar-refractivity contribution in [3.8, 4) is 0 Å². The molecule has 92 valence electrons. The average molecular weight is 258 g/mol. The van der Waals surface area contributed by atoms with Crippen LogP contribution in [0.4, 0.5) is 11.4 Å². The molecule has 1 aromatic heterocycles. The van der Waals surface area contributed by atoms with Gasteiger partial charge in [0.1, 0.15) is 5.69 Å². The van der Waals surface area contributed by atoms with E-state index in [1.807, 2.05) is 0 Å². The first kappa shape index (κ1) is 13.1. The summed E-state index contributed by atoms with van der Waals surface area (Å²) in [5.41, 5.74) is 4.36. The molecule has 0 radical (unpaired) electrons. The largest absolute Gasteiger partial charge is 0.393 e. The third kappa shape index (κ3) is 2.77. The van der Waals surface area contributed by atoms with E-state index in [9.17, 15) is 18.5 Å². The standard InChI is InChI=1S/C8H10N4O4S/c1-2-4-11-17(15,16)8-7(12(13)14)6(9)3-5-10-8/h2-3,5,11H,1,4H2,(H2,9,10). The van der Waals surface area contributed by atoms with Crippen molar-refractivity contribution < 1.29 is 13.3 Å². The Morgan fingerprint density at radius 2 is 2.29 bits per heavy atom. The van der Waals surface area contributed by atoms with Crippen molar-refractivity contribution in [2.24, 2.45) is 0 Å². The van der Waals surface area contributed by atoms with Gasteiger partial charge >= 0.3 is 5.69 Å². The second-order valence-corrected chi connectivity index (χ2v) is 4.63. The first-order valence-corrected chi connectivity index (χ1v) is 5.88. The Morgan fingerprint density at radius 3 is 2.82 bits per heavy atom. The zero-order valence-corrected chi connectivity index (χ0v) is 9.48. The number of nitro groups is 1. The first-order valence-electron chi connectivity index (χ1n) is 4.39. The lowest BCUT2D eigenvalue weighted by molar-refractivity contribution is -0.387. The van der Waals surface area contributed by atoms with Gasteiger partial charge in [0, 0.05) is 12.7 Å². The lowest BCUT2D eigenvalue weighted by atomic mass is 10.4. The minimum absolute atomic E-state index is 0.0596. The molecule has 0 atom stereocenters. The van der Waals surface area contributed by atoms with E-state index in [2.05, 4.69) is 16.3 Å². The van der Waals surface area contributed by atoms with Crippen molar-refractivity contribution in [2.45, 2.75) is 5.03 Å². The van der Waals surface area contributed by atoms with Crippen LogP contribution in [0.5, 0.6) is 0 Å². The van der Waals surface area contributed by atoms with Gasteiger partial charge in [0.05, 0.1) is 4.92 Å². The van der Waals surface area contributed by atoms with E-state index in [1.54, 1.807) is 0 Å². The fourth-order valence-corrected chi connectivity index (χ4v) is 2.19. The van der Waals surface area contributed by atoms with Crippen LogP contribution in [0.3, 0.4) is 0 Å². The second kappa shape index (κ2) is 4.89. The Kier molecular flexibility index (Phi) is 3.76. The van der Waals surface area contributed by atoms with Crippen LogP contribution >= 0.6 is 0 Å². The van der Waals surface area contributed by atoms with E-state index in [0.717, 1.165) is 12.3 Å². The van der Waals surface area contributed by atoms with E-state index < -0.39 is 25.7 Å². The Labute approximate surface area is 97.4 Å². The van der Waals surface area contributed by atoms with Crippen LogP contribution in [0.1, 0.15) is 0 Å². The van der Waals surface area contributed by atoms with Crippen molar-refractivity contribution in [1.82, 2.24) is 9.71 Å². The summed E-state index contributed by atoms with van der Waals surface area (Å²) in [5, 5.41) is 10.0. The summed E-state index contributed by atoms with van der Waals surface area (Å²) in [5.74, 6) is 0. The molecule has 0 saturated carbocycles. The smallest absolute Gasteiger partial charge is 0.330 e. The molecule has 1 aromatic rings. The summed E-state index contributed by atoms with van der Waals surface area (Å²) >= 11 is 0. The van der Waals surface area contributed by atoms with Crippen LogP contribution in [-0.2, 0) is 10.0 Å². The summed E-state index contributed by atoms with van der Waals surface area (Å²) < 4.78 is 25.5. The number of rotatable bonds is 5. The minimum Gasteiger partial charge on any atom is -0.393 e. The zero-order valence-electron chi connectivity index (χ0n) is 8.66. The van der Waals surface area contributed by atoms with Crippen molar-refractivity contribution in [1.29, 1.82) is 0 Å². The predicted molar refractivity (Wildman–Crippen MR) is 60.7 cm³/mol. The van der Waals surface area contributed by atoms with Gasteiger partial charge in [-0.2, -0.15) is 0 Å². The van der Waals surface area contributed by atoms with Crippen LogP contribution in [-0.4, -0.2) is 24.9 Å². The molecule has 0 aliphatic rings. The topological polar surface area (TPSA) is 128 Å². The molecule has 17 heavy (non-hydrogen) atoms. The van der Waals surface area contributed by atoms with Gasteiger partial charge in [0.2, 0.25) is 0 Å². The van der Waals surface area contributed by atoms with Crippen molar-refractivity contribution in [3.63, 3.8) is 0 Å². The maximum absolute atomic E-state index is 11.7. The fraction of sp³-hybridized carbons (Fsp3) is 0.125. The van der Waals surface area contributed by atoms with Gasteiger partial charge in [-0.3, -0.25) is 10.1 Å². The van der Waals surface area contributed by atoms with Gasteiger partial charge in [0.25, 0.3) is 15.0 Å². The number of sulfonamides is 1. The van der Waals surface area contributed by atoms with E-state index in [1.165, 1.54) is 6.08 Å². The second-order valence-electron chi connectivity index (χ2n) is 2.95. The number of anilines is 1. The third-order valence-electron chi connectivity index (χ3n) is 1.78. The van der Waals surface area contributed by atoms with E-state index in [4.69, 9.17) is 5.73 Å². The Bertz CT molecular complexity index is 555. The van der Waals surface area contributed by atoms with Gasteiger partial charge in [0.15, 0.2) is 0 Å². The molecule has 3 N–H and O–H groups in total. The molecular formula is C8H10N4O4S. The van der Waals surface area contributed by atoms with Gasteiger partial charge in [-0.1, -0.05) is 6.08 Å². The number of nitrogen functional groups attached to an aromatic ring is 1. The highest BCUT2D eigenvalue weighted by Gasteiger charge is 2.29. The van der Waals surface area contributed by atoms with Crippen LogP contribution in [0.15, 0.2) is 29.9 Å². The molecule has 9 heteroatoms. The number of pyridine rings is 1. The highest BCUT2D eigenvalue weighted by molar-refractivity contribution is 7.89. The van der Waals surface area contributed by atoms with E-state index >= 15 is 0 Å². The van der Waals surface area contributed by atoms with Gasteiger partial charge in [-0.25, -0.2) is 18.1 Å². The van der Waals surface area contributed by atoms with Crippen molar-refractivity contribution in [2.75, 3.05) is 12.3 Å². The van der Waals surface area contributed by atoms with E-state index in [-0.39, 0.29) is 12.2 Å². The highest BCUT2D eigenvalue weighted by atomic mass is 32.2. The minimum atomic E-state index is -4.07. The first-order chi connectivity index (χ1) is 7.90. The molecule has 0 aromatic carbocycles. The Morgan fingerprint density at radius 1 is 1.65 bits per heavy atom.